The Bertz CT molecular complexity index is 1540. The molecule has 2 aromatic heterocycles. The first-order chi connectivity index (χ1) is 17.7. The molecule has 10 heteroatoms. The maximum Gasteiger partial charge on any atom is 0.229 e. The number of benzene rings is 2. The van der Waals surface area contributed by atoms with Gasteiger partial charge in [-0.25, -0.2) is 8.42 Å². The van der Waals surface area contributed by atoms with Gasteiger partial charge in [-0.15, -0.1) is 0 Å². The van der Waals surface area contributed by atoms with Crippen molar-refractivity contribution in [1.82, 2.24) is 14.9 Å². The van der Waals surface area contributed by atoms with Crippen LogP contribution in [0.1, 0.15) is 29.0 Å². The maximum absolute atomic E-state index is 11.8. The molecule has 2 N–H and O–H groups in total. The summed E-state index contributed by atoms with van der Waals surface area (Å²) in [5.41, 5.74) is 5.21. The molecular weight excluding hydrogens is 506 g/mol. The molecular formula is C27H27N5O3S2. The molecule has 1 saturated heterocycles. The van der Waals surface area contributed by atoms with Crippen LogP contribution in [-0.2, 0) is 10.0 Å². The third kappa shape index (κ3) is 5.03. The Labute approximate surface area is 222 Å². The lowest BCUT2D eigenvalue weighted by Gasteiger charge is -2.29. The normalized spacial score (nSPS) is 17.5. The first-order valence-corrected chi connectivity index (χ1v) is 14.0. The number of methoxy groups -OCH3 is 1. The van der Waals surface area contributed by atoms with E-state index in [9.17, 15) is 8.42 Å². The molecule has 0 radical (unpaired) electrons. The number of ether oxygens (including phenoxy) is 1. The van der Waals surface area contributed by atoms with Gasteiger partial charge in [0.1, 0.15) is 11.8 Å². The van der Waals surface area contributed by atoms with E-state index < -0.39 is 10.0 Å². The summed E-state index contributed by atoms with van der Waals surface area (Å²) in [6.45, 7) is 2.06. The molecule has 3 heterocycles. The van der Waals surface area contributed by atoms with Crippen molar-refractivity contribution in [1.29, 1.82) is 0 Å². The third-order valence-corrected chi connectivity index (χ3v) is 7.16. The van der Waals surface area contributed by atoms with Crippen LogP contribution in [0.3, 0.4) is 0 Å². The van der Waals surface area contributed by atoms with Gasteiger partial charge in [-0.2, -0.15) is 0 Å². The minimum atomic E-state index is -3.48. The number of hydrogen-bond donors (Lipinski definition) is 2. The van der Waals surface area contributed by atoms with E-state index >= 15 is 0 Å². The predicted molar refractivity (Wildman–Crippen MR) is 150 cm³/mol. The Kier molecular flexibility index (Phi) is 6.61. The highest BCUT2D eigenvalue weighted by Gasteiger charge is 2.42. The van der Waals surface area contributed by atoms with Crippen LogP contribution in [0, 0.1) is 6.92 Å². The summed E-state index contributed by atoms with van der Waals surface area (Å²) >= 11 is 5.85. The molecule has 190 valence electrons. The van der Waals surface area contributed by atoms with E-state index in [0.29, 0.717) is 16.5 Å². The Morgan fingerprint density at radius 3 is 2.46 bits per heavy atom. The molecule has 0 aliphatic carbocycles. The summed E-state index contributed by atoms with van der Waals surface area (Å²) < 4.78 is 33.9. The predicted octanol–water partition coefficient (Wildman–Crippen LogP) is 4.74. The molecule has 2 atom stereocenters. The zero-order valence-electron chi connectivity index (χ0n) is 20.6. The topological polar surface area (TPSA) is 88.5 Å². The van der Waals surface area contributed by atoms with Crippen LogP contribution < -0.4 is 19.7 Å². The van der Waals surface area contributed by atoms with Crippen LogP contribution in [0.15, 0.2) is 85.2 Å². The van der Waals surface area contributed by atoms with E-state index in [1.54, 1.807) is 18.3 Å². The Hall–Kier alpha value is -3.89. The number of aromatic nitrogens is 2. The Morgan fingerprint density at radius 1 is 1.03 bits per heavy atom. The summed E-state index contributed by atoms with van der Waals surface area (Å²) in [5, 5.41) is 4.00. The van der Waals surface area contributed by atoms with Crippen LogP contribution in [0.2, 0.25) is 0 Å². The number of aryl methyl sites for hydroxylation is 1. The average Bonchev–Trinajstić information content (AvgIpc) is 3.49. The van der Waals surface area contributed by atoms with Crippen molar-refractivity contribution in [2.45, 2.75) is 19.0 Å². The van der Waals surface area contributed by atoms with E-state index in [1.807, 2.05) is 41.4 Å². The van der Waals surface area contributed by atoms with Gasteiger partial charge in [0.25, 0.3) is 0 Å². The number of thiocarbonyl (C=S) groups is 1. The second-order valence-corrected chi connectivity index (χ2v) is 11.0. The second-order valence-electron chi connectivity index (χ2n) is 8.89. The average molecular weight is 534 g/mol. The van der Waals surface area contributed by atoms with Crippen molar-refractivity contribution in [2.75, 3.05) is 23.0 Å². The molecule has 0 unspecified atom stereocenters. The first-order valence-electron chi connectivity index (χ1n) is 11.7. The number of hydrogen-bond acceptors (Lipinski definition) is 5. The minimum absolute atomic E-state index is 0.229. The van der Waals surface area contributed by atoms with Crippen molar-refractivity contribution < 1.29 is 13.2 Å². The maximum atomic E-state index is 11.8. The standard InChI is InChI=1S/C27H27N5O3S2/c1-18-9-11-19(12-10-18)31-16-6-8-23(31)26-25(22-7-4-5-15-28-22)29-27(36)32(26)20-13-14-21(24(17-20)35-2)30-37(3,33)34/h4-17,25-26,30H,1-3H3,(H,29,36)/t25-,26+/m0/s1. The van der Waals surface area contributed by atoms with Gasteiger partial charge in [-0.3, -0.25) is 9.71 Å². The zero-order chi connectivity index (χ0) is 26.2. The number of sulfonamides is 1. The van der Waals surface area contributed by atoms with Crippen LogP contribution >= 0.6 is 12.2 Å². The van der Waals surface area contributed by atoms with Gasteiger partial charge in [0.15, 0.2) is 5.11 Å². The minimum Gasteiger partial charge on any atom is -0.494 e. The Balaban J connectivity index is 1.64. The smallest absolute Gasteiger partial charge is 0.229 e. The molecule has 1 fully saturated rings. The number of pyridine rings is 1. The molecule has 5 rings (SSSR count). The monoisotopic (exact) mass is 533 g/mol. The van der Waals surface area contributed by atoms with Gasteiger partial charge in [0, 0.05) is 35.5 Å². The molecule has 37 heavy (non-hydrogen) atoms. The van der Waals surface area contributed by atoms with Crippen LogP contribution in [0.4, 0.5) is 11.4 Å². The highest BCUT2D eigenvalue weighted by atomic mass is 32.2. The van der Waals surface area contributed by atoms with E-state index in [2.05, 4.69) is 56.8 Å². The summed E-state index contributed by atoms with van der Waals surface area (Å²) in [7, 11) is -1.97. The zero-order valence-corrected chi connectivity index (χ0v) is 22.3. The fourth-order valence-electron chi connectivity index (χ4n) is 4.62. The molecule has 4 aromatic rings. The quantitative estimate of drug-likeness (QED) is 0.332. The first kappa shape index (κ1) is 24.8. The fourth-order valence-corrected chi connectivity index (χ4v) is 5.54. The van der Waals surface area contributed by atoms with Crippen molar-refractivity contribution in [3.05, 3.63) is 102 Å². The van der Waals surface area contributed by atoms with Crippen molar-refractivity contribution in [3.63, 3.8) is 0 Å². The Morgan fingerprint density at radius 2 is 1.78 bits per heavy atom. The SMILES string of the molecule is COc1cc(N2C(=S)N[C@@H](c3ccccn3)[C@H]2c2cccn2-c2ccc(C)cc2)ccc1NS(C)(=O)=O. The molecule has 2 aromatic carbocycles. The van der Waals surface area contributed by atoms with Gasteiger partial charge in [0.05, 0.1) is 30.8 Å². The van der Waals surface area contributed by atoms with Crippen molar-refractivity contribution in [3.8, 4) is 11.4 Å². The summed E-state index contributed by atoms with van der Waals surface area (Å²) in [5.74, 6) is 0.389. The van der Waals surface area contributed by atoms with E-state index in [-0.39, 0.29) is 12.1 Å². The highest BCUT2D eigenvalue weighted by Crippen LogP contribution is 2.44. The lowest BCUT2D eigenvalue weighted by Crippen LogP contribution is -2.30. The lowest BCUT2D eigenvalue weighted by atomic mass is 10.0. The molecule has 1 aliphatic rings. The molecule has 8 nitrogen and oxygen atoms in total. The lowest BCUT2D eigenvalue weighted by molar-refractivity contribution is 0.417. The number of nitrogens with zero attached hydrogens (tertiary/aromatic N) is 3. The molecule has 0 saturated carbocycles. The number of anilines is 2. The van der Waals surface area contributed by atoms with Crippen LogP contribution in [0.5, 0.6) is 5.75 Å². The molecule has 0 spiro atoms. The van der Waals surface area contributed by atoms with E-state index in [4.69, 9.17) is 17.0 Å². The van der Waals surface area contributed by atoms with Gasteiger partial charge in [0.2, 0.25) is 10.0 Å². The summed E-state index contributed by atoms with van der Waals surface area (Å²) in [6, 6.07) is 23.1. The third-order valence-electron chi connectivity index (χ3n) is 6.25. The molecule has 0 bridgehead atoms. The fraction of sp³-hybridized carbons (Fsp3) is 0.185. The van der Waals surface area contributed by atoms with Crippen molar-refractivity contribution in [2.24, 2.45) is 0 Å². The summed E-state index contributed by atoms with van der Waals surface area (Å²) in [6.07, 6.45) is 4.91. The van der Waals surface area contributed by atoms with Gasteiger partial charge < -0.3 is 19.5 Å². The van der Waals surface area contributed by atoms with Crippen LogP contribution in [0.25, 0.3) is 5.69 Å². The highest BCUT2D eigenvalue weighted by molar-refractivity contribution is 7.92. The van der Waals surface area contributed by atoms with E-state index in [0.717, 1.165) is 29.0 Å². The molecule has 1 aliphatic heterocycles. The van der Waals surface area contributed by atoms with Gasteiger partial charge >= 0.3 is 0 Å². The van der Waals surface area contributed by atoms with Gasteiger partial charge in [-0.05, 0) is 67.7 Å². The van der Waals surface area contributed by atoms with Gasteiger partial charge in [-0.1, -0.05) is 23.8 Å². The number of nitrogens with one attached hydrogen (secondary N) is 2. The molecule has 0 amide bonds. The van der Waals surface area contributed by atoms with Crippen LogP contribution in [-0.4, -0.2) is 36.4 Å². The van der Waals surface area contributed by atoms with E-state index in [1.165, 1.54) is 12.7 Å². The number of rotatable bonds is 7. The van der Waals surface area contributed by atoms with Crippen molar-refractivity contribution >= 4 is 38.7 Å². The summed E-state index contributed by atoms with van der Waals surface area (Å²) in [4.78, 5) is 6.66. The largest absolute Gasteiger partial charge is 0.494 e. The second kappa shape index (κ2) is 9.87.